The third-order valence-electron chi connectivity index (χ3n) is 3.24. The van der Waals surface area contributed by atoms with Crippen molar-refractivity contribution in [2.24, 2.45) is 5.73 Å². The zero-order chi connectivity index (χ0) is 15.2. The number of benzene rings is 1. The van der Waals surface area contributed by atoms with Gasteiger partial charge in [-0.05, 0) is 31.5 Å². The van der Waals surface area contributed by atoms with Crippen LogP contribution in [0.1, 0.15) is 23.2 Å². The summed E-state index contributed by atoms with van der Waals surface area (Å²) in [5, 5.41) is 12.5. The summed E-state index contributed by atoms with van der Waals surface area (Å²) in [5.41, 5.74) is 6.03. The molecule has 0 saturated carbocycles. The number of carbonyl (C=O) groups excluding carboxylic acids is 1. The van der Waals surface area contributed by atoms with Crippen molar-refractivity contribution in [3.63, 3.8) is 0 Å². The van der Waals surface area contributed by atoms with Gasteiger partial charge in [0.2, 0.25) is 5.91 Å². The minimum absolute atomic E-state index is 0.0463. The van der Waals surface area contributed by atoms with Crippen LogP contribution in [-0.2, 0) is 4.79 Å². The van der Waals surface area contributed by atoms with E-state index in [1.54, 1.807) is 6.07 Å². The lowest BCUT2D eigenvalue weighted by Crippen LogP contribution is -2.36. The molecule has 2 heterocycles. The molecule has 3 rings (SSSR count). The highest BCUT2D eigenvalue weighted by Crippen LogP contribution is 2.12. The number of nitrogens with zero attached hydrogens (tertiary/aromatic N) is 1. The molecule has 1 aromatic carbocycles. The van der Waals surface area contributed by atoms with E-state index in [9.17, 15) is 9.59 Å². The van der Waals surface area contributed by atoms with Crippen molar-refractivity contribution in [2.45, 2.75) is 18.9 Å². The molecule has 1 atom stereocenters. The zero-order valence-electron chi connectivity index (χ0n) is 11.5. The number of carboxylic acid groups (broad SMARTS) is 1. The van der Waals surface area contributed by atoms with Crippen molar-refractivity contribution in [1.82, 2.24) is 10.3 Å². The summed E-state index contributed by atoms with van der Waals surface area (Å²) in [7, 11) is 0. The van der Waals surface area contributed by atoms with E-state index in [2.05, 4.69) is 10.3 Å². The Balaban J connectivity index is 0.000000173. The number of hydrogen-bond donors (Lipinski definition) is 3. The zero-order valence-corrected chi connectivity index (χ0v) is 11.5. The first-order valence-corrected chi connectivity index (χ1v) is 6.68. The number of fused-ring (bicyclic) bond motifs is 1. The average molecular weight is 287 g/mol. The van der Waals surface area contributed by atoms with Crippen molar-refractivity contribution in [1.29, 1.82) is 0 Å². The van der Waals surface area contributed by atoms with Crippen LogP contribution in [0.4, 0.5) is 0 Å². The van der Waals surface area contributed by atoms with Gasteiger partial charge in [-0.25, -0.2) is 4.79 Å². The van der Waals surface area contributed by atoms with Gasteiger partial charge in [0.15, 0.2) is 0 Å². The fraction of sp³-hybridized carbons (Fsp3) is 0.267. The summed E-state index contributed by atoms with van der Waals surface area (Å²) in [4.78, 5) is 25.0. The number of aromatic nitrogens is 1. The number of nitrogens with one attached hydrogen (secondary N) is 1. The molecular formula is C15H17N3O3. The van der Waals surface area contributed by atoms with E-state index in [1.165, 1.54) is 6.20 Å². The summed E-state index contributed by atoms with van der Waals surface area (Å²) >= 11 is 0. The van der Waals surface area contributed by atoms with Gasteiger partial charge in [0, 0.05) is 11.6 Å². The smallest absolute Gasteiger partial charge is 0.337 e. The molecule has 1 unspecified atom stereocenters. The molecule has 1 aliphatic heterocycles. The number of primary amides is 1. The maximum Gasteiger partial charge on any atom is 0.337 e. The lowest BCUT2D eigenvalue weighted by atomic mass is 10.2. The molecule has 1 fully saturated rings. The highest BCUT2D eigenvalue weighted by atomic mass is 16.4. The number of carbonyl (C=O) groups is 2. The fourth-order valence-electron chi connectivity index (χ4n) is 2.12. The molecule has 0 spiro atoms. The van der Waals surface area contributed by atoms with Crippen molar-refractivity contribution in [3.8, 4) is 0 Å². The number of aromatic carboxylic acids is 1. The Labute approximate surface area is 122 Å². The van der Waals surface area contributed by atoms with E-state index >= 15 is 0 Å². The fourth-order valence-corrected chi connectivity index (χ4v) is 2.12. The molecule has 4 N–H and O–H groups in total. The van der Waals surface area contributed by atoms with E-state index in [0.717, 1.165) is 30.3 Å². The Morgan fingerprint density at radius 3 is 2.67 bits per heavy atom. The van der Waals surface area contributed by atoms with Crippen LogP contribution in [0, 0.1) is 0 Å². The standard InChI is InChI=1S/C10H7NO2.C5H10N2O/c12-10(13)8-5-7-3-1-2-4-9(7)11-6-8;6-5(8)4-2-1-3-7-4/h1-6H,(H,12,13);4,7H,1-3H2,(H2,6,8). The number of para-hydroxylation sites is 1. The molecule has 2 aromatic rings. The summed E-state index contributed by atoms with van der Waals surface area (Å²) in [6, 6.07) is 8.99. The predicted octanol–water partition coefficient (Wildman–Crippen LogP) is 1.16. The summed E-state index contributed by atoms with van der Waals surface area (Å²) in [5.74, 6) is -1.17. The van der Waals surface area contributed by atoms with E-state index in [1.807, 2.05) is 24.3 Å². The summed E-state index contributed by atoms with van der Waals surface area (Å²) in [6.45, 7) is 0.938. The predicted molar refractivity (Wildman–Crippen MR) is 78.9 cm³/mol. The molecule has 21 heavy (non-hydrogen) atoms. The second-order valence-electron chi connectivity index (χ2n) is 4.77. The summed E-state index contributed by atoms with van der Waals surface area (Å²) in [6.07, 6.45) is 3.35. The van der Waals surface area contributed by atoms with Crippen LogP contribution in [0.2, 0.25) is 0 Å². The minimum Gasteiger partial charge on any atom is -0.478 e. The van der Waals surface area contributed by atoms with Crippen LogP contribution in [0.25, 0.3) is 10.9 Å². The third-order valence-corrected chi connectivity index (χ3v) is 3.24. The van der Waals surface area contributed by atoms with Gasteiger partial charge in [-0.2, -0.15) is 0 Å². The van der Waals surface area contributed by atoms with Gasteiger partial charge in [0.05, 0.1) is 17.1 Å². The van der Waals surface area contributed by atoms with Crippen LogP contribution >= 0.6 is 0 Å². The van der Waals surface area contributed by atoms with Crippen molar-refractivity contribution >= 4 is 22.8 Å². The molecule has 0 aliphatic carbocycles. The first-order valence-electron chi connectivity index (χ1n) is 6.68. The van der Waals surface area contributed by atoms with Gasteiger partial charge in [-0.3, -0.25) is 9.78 Å². The maximum absolute atomic E-state index is 10.6. The molecule has 1 aliphatic rings. The van der Waals surface area contributed by atoms with Crippen LogP contribution in [-0.4, -0.2) is 34.6 Å². The number of rotatable bonds is 2. The number of hydrogen-bond acceptors (Lipinski definition) is 4. The van der Waals surface area contributed by atoms with Gasteiger partial charge < -0.3 is 16.2 Å². The second-order valence-corrected chi connectivity index (χ2v) is 4.77. The maximum atomic E-state index is 10.6. The number of pyridine rings is 1. The molecule has 1 aromatic heterocycles. The quantitative estimate of drug-likeness (QED) is 0.768. The molecular weight excluding hydrogens is 270 g/mol. The van der Waals surface area contributed by atoms with Gasteiger partial charge in [-0.15, -0.1) is 0 Å². The Kier molecular flexibility index (Phi) is 4.84. The lowest BCUT2D eigenvalue weighted by Gasteiger charge is -2.01. The molecule has 1 saturated heterocycles. The molecule has 110 valence electrons. The molecule has 0 bridgehead atoms. The number of carboxylic acids is 1. The van der Waals surface area contributed by atoms with Gasteiger partial charge in [0.1, 0.15) is 0 Å². The SMILES string of the molecule is NC(=O)C1CCCN1.O=C(O)c1cnc2ccccc2c1. The first-order chi connectivity index (χ1) is 10.1. The normalized spacial score (nSPS) is 17.0. The van der Waals surface area contributed by atoms with Gasteiger partial charge in [0.25, 0.3) is 0 Å². The minimum atomic E-state index is -0.946. The van der Waals surface area contributed by atoms with Gasteiger partial charge in [-0.1, -0.05) is 18.2 Å². The Morgan fingerprint density at radius 2 is 2.10 bits per heavy atom. The first kappa shape index (κ1) is 14.9. The van der Waals surface area contributed by atoms with Crippen molar-refractivity contribution in [3.05, 3.63) is 42.1 Å². The van der Waals surface area contributed by atoms with E-state index in [-0.39, 0.29) is 17.5 Å². The molecule has 0 radical (unpaired) electrons. The topological polar surface area (TPSA) is 105 Å². The van der Waals surface area contributed by atoms with E-state index in [0.29, 0.717) is 0 Å². The Bertz CT molecular complexity index is 651. The van der Waals surface area contributed by atoms with E-state index < -0.39 is 5.97 Å². The molecule has 1 amide bonds. The van der Waals surface area contributed by atoms with Crippen molar-refractivity contribution < 1.29 is 14.7 Å². The second kappa shape index (κ2) is 6.81. The van der Waals surface area contributed by atoms with Crippen LogP contribution in [0.3, 0.4) is 0 Å². The highest BCUT2D eigenvalue weighted by molar-refractivity contribution is 5.92. The number of nitrogens with two attached hydrogens (primary N) is 1. The molecule has 6 heteroatoms. The monoisotopic (exact) mass is 287 g/mol. The van der Waals surface area contributed by atoms with Crippen LogP contribution < -0.4 is 11.1 Å². The average Bonchev–Trinajstić information content (AvgIpc) is 3.02. The van der Waals surface area contributed by atoms with Gasteiger partial charge >= 0.3 is 5.97 Å². The van der Waals surface area contributed by atoms with Crippen molar-refractivity contribution in [2.75, 3.05) is 6.54 Å². The Morgan fingerprint density at radius 1 is 1.33 bits per heavy atom. The Hall–Kier alpha value is -2.47. The van der Waals surface area contributed by atoms with Crippen LogP contribution in [0.5, 0.6) is 0 Å². The molecule has 6 nitrogen and oxygen atoms in total. The van der Waals surface area contributed by atoms with Crippen LogP contribution in [0.15, 0.2) is 36.5 Å². The largest absolute Gasteiger partial charge is 0.478 e. The lowest BCUT2D eigenvalue weighted by molar-refractivity contribution is -0.119. The van der Waals surface area contributed by atoms with E-state index in [4.69, 9.17) is 10.8 Å². The number of amides is 1. The third kappa shape index (κ3) is 4.00. The highest BCUT2D eigenvalue weighted by Gasteiger charge is 2.18. The summed E-state index contributed by atoms with van der Waals surface area (Å²) < 4.78 is 0.